The second-order valence-corrected chi connectivity index (χ2v) is 6.57. The third-order valence-corrected chi connectivity index (χ3v) is 5.53. The average Bonchev–Trinajstić information content (AvgIpc) is 3.03. The van der Waals surface area contributed by atoms with E-state index in [9.17, 15) is 5.11 Å². The van der Waals surface area contributed by atoms with Crippen LogP contribution in [0.5, 0.6) is 0 Å². The molecule has 2 unspecified atom stereocenters. The summed E-state index contributed by atoms with van der Waals surface area (Å²) in [6, 6.07) is 8.49. The first-order valence-electron chi connectivity index (χ1n) is 7.59. The molecule has 112 valence electrons. The molecule has 0 aliphatic heterocycles. The minimum Gasteiger partial charge on any atom is -0.392 e. The fourth-order valence-corrected chi connectivity index (χ4v) is 3.84. The Morgan fingerprint density at radius 1 is 1.43 bits per heavy atom. The zero-order valence-electron chi connectivity index (χ0n) is 12.5. The molecule has 1 aliphatic carbocycles. The van der Waals surface area contributed by atoms with Crippen LogP contribution in [-0.4, -0.2) is 21.0 Å². The van der Waals surface area contributed by atoms with Crippen molar-refractivity contribution in [3.63, 3.8) is 0 Å². The van der Waals surface area contributed by atoms with Gasteiger partial charge in [0.25, 0.3) is 0 Å². The number of hydrogen-bond donors (Lipinski definition) is 1. The summed E-state index contributed by atoms with van der Waals surface area (Å²) in [5.41, 5.74) is 4.80. The minimum absolute atomic E-state index is 0.244. The fourth-order valence-electron chi connectivity index (χ4n) is 3.39. The SMILES string of the molecule is CCn1nc(C)c(Br)c1CC(O)C1CCc2ccccc21. The Bertz CT molecular complexity index is 650. The first kappa shape index (κ1) is 14.8. The Morgan fingerprint density at radius 3 is 2.95 bits per heavy atom. The van der Waals surface area contributed by atoms with Gasteiger partial charge in [-0.05, 0) is 53.7 Å². The van der Waals surface area contributed by atoms with Gasteiger partial charge in [0.1, 0.15) is 0 Å². The van der Waals surface area contributed by atoms with Crippen LogP contribution in [0.25, 0.3) is 0 Å². The molecule has 0 saturated carbocycles. The van der Waals surface area contributed by atoms with Crippen molar-refractivity contribution in [2.24, 2.45) is 0 Å². The van der Waals surface area contributed by atoms with Crippen LogP contribution in [0.1, 0.15) is 41.8 Å². The summed E-state index contributed by atoms with van der Waals surface area (Å²) >= 11 is 3.62. The van der Waals surface area contributed by atoms with E-state index in [-0.39, 0.29) is 12.0 Å². The average molecular weight is 349 g/mol. The number of hydrogen-bond acceptors (Lipinski definition) is 2. The first-order chi connectivity index (χ1) is 10.1. The molecule has 1 N–H and O–H groups in total. The van der Waals surface area contributed by atoms with Crippen LogP contribution in [-0.2, 0) is 19.4 Å². The van der Waals surface area contributed by atoms with Crippen molar-refractivity contribution in [2.45, 2.75) is 51.7 Å². The molecular formula is C17H21BrN2O. The quantitative estimate of drug-likeness (QED) is 0.916. The van der Waals surface area contributed by atoms with Crippen LogP contribution in [0.3, 0.4) is 0 Å². The van der Waals surface area contributed by atoms with E-state index in [1.165, 1.54) is 11.1 Å². The molecule has 1 aromatic heterocycles. The zero-order chi connectivity index (χ0) is 15.0. The molecular weight excluding hydrogens is 328 g/mol. The number of aliphatic hydroxyl groups excluding tert-OH is 1. The lowest BCUT2D eigenvalue weighted by Gasteiger charge is -2.20. The molecule has 3 rings (SSSR count). The highest BCUT2D eigenvalue weighted by Crippen LogP contribution is 2.37. The Hall–Kier alpha value is -1.13. The molecule has 1 aliphatic rings. The van der Waals surface area contributed by atoms with Gasteiger partial charge in [0.15, 0.2) is 0 Å². The first-order valence-corrected chi connectivity index (χ1v) is 8.38. The molecule has 4 heteroatoms. The van der Waals surface area contributed by atoms with Gasteiger partial charge in [-0.3, -0.25) is 4.68 Å². The number of aliphatic hydroxyl groups is 1. The van der Waals surface area contributed by atoms with Gasteiger partial charge < -0.3 is 5.11 Å². The lowest BCUT2D eigenvalue weighted by Crippen LogP contribution is -2.21. The molecule has 3 nitrogen and oxygen atoms in total. The van der Waals surface area contributed by atoms with Gasteiger partial charge in [-0.1, -0.05) is 24.3 Å². The van der Waals surface area contributed by atoms with Crippen molar-refractivity contribution < 1.29 is 5.11 Å². The molecule has 21 heavy (non-hydrogen) atoms. The van der Waals surface area contributed by atoms with Gasteiger partial charge in [0.05, 0.1) is 22.0 Å². The third kappa shape index (κ3) is 2.67. The second-order valence-electron chi connectivity index (χ2n) is 5.78. The number of aromatic nitrogens is 2. The lowest BCUT2D eigenvalue weighted by molar-refractivity contribution is 0.140. The van der Waals surface area contributed by atoms with Crippen LogP contribution >= 0.6 is 15.9 Å². The van der Waals surface area contributed by atoms with Crippen LogP contribution in [0.2, 0.25) is 0 Å². The van der Waals surface area contributed by atoms with E-state index in [0.29, 0.717) is 6.42 Å². The van der Waals surface area contributed by atoms with E-state index in [0.717, 1.165) is 35.2 Å². The second kappa shape index (κ2) is 5.93. The van der Waals surface area contributed by atoms with Gasteiger partial charge in [0, 0.05) is 18.9 Å². The summed E-state index contributed by atoms with van der Waals surface area (Å²) in [4.78, 5) is 0. The Balaban J connectivity index is 1.83. The van der Waals surface area contributed by atoms with Gasteiger partial charge >= 0.3 is 0 Å². The summed E-state index contributed by atoms with van der Waals surface area (Å²) < 4.78 is 3.03. The molecule has 0 fully saturated rings. The molecule has 1 aromatic carbocycles. The van der Waals surface area contributed by atoms with E-state index in [1.54, 1.807) is 0 Å². The molecule has 0 saturated heterocycles. The summed E-state index contributed by atoms with van der Waals surface area (Å²) in [5, 5.41) is 15.3. The molecule has 1 heterocycles. The van der Waals surface area contributed by atoms with Crippen molar-refractivity contribution in [1.82, 2.24) is 9.78 Å². The van der Waals surface area contributed by atoms with E-state index in [4.69, 9.17) is 0 Å². The van der Waals surface area contributed by atoms with E-state index in [1.807, 2.05) is 11.6 Å². The number of aryl methyl sites for hydroxylation is 3. The standard InChI is InChI=1S/C17H21BrN2O/c1-3-20-15(17(18)11(2)19-20)10-16(21)14-9-8-12-6-4-5-7-13(12)14/h4-7,14,16,21H,3,8-10H2,1-2H3. The Morgan fingerprint density at radius 2 is 2.19 bits per heavy atom. The Kier molecular flexibility index (Phi) is 4.18. The number of benzene rings is 1. The molecule has 0 bridgehead atoms. The van der Waals surface area contributed by atoms with Crippen LogP contribution in [0.15, 0.2) is 28.7 Å². The predicted octanol–water partition coefficient (Wildman–Crippen LogP) is 3.61. The Labute approximate surface area is 134 Å². The largest absolute Gasteiger partial charge is 0.392 e. The highest BCUT2D eigenvalue weighted by molar-refractivity contribution is 9.10. The molecule has 0 amide bonds. The van der Waals surface area contributed by atoms with Gasteiger partial charge in [0.2, 0.25) is 0 Å². The molecule has 2 atom stereocenters. The fraction of sp³-hybridized carbons (Fsp3) is 0.471. The van der Waals surface area contributed by atoms with Crippen molar-refractivity contribution in [1.29, 1.82) is 0 Å². The van der Waals surface area contributed by atoms with Crippen molar-refractivity contribution in [2.75, 3.05) is 0 Å². The van der Waals surface area contributed by atoms with Crippen molar-refractivity contribution >= 4 is 15.9 Å². The van der Waals surface area contributed by atoms with Crippen LogP contribution in [0.4, 0.5) is 0 Å². The maximum absolute atomic E-state index is 10.7. The van der Waals surface area contributed by atoms with E-state index in [2.05, 4.69) is 52.2 Å². The molecule has 2 aromatic rings. The summed E-state index contributed by atoms with van der Waals surface area (Å²) in [7, 11) is 0. The molecule has 0 spiro atoms. The van der Waals surface area contributed by atoms with Gasteiger partial charge in [-0.25, -0.2) is 0 Å². The number of fused-ring (bicyclic) bond motifs is 1. The number of rotatable bonds is 4. The highest BCUT2D eigenvalue weighted by Gasteiger charge is 2.29. The summed E-state index contributed by atoms with van der Waals surface area (Å²) in [6.45, 7) is 4.91. The van der Waals surface area contributed by atoms with Gasteiger partial charge in [-0.15, -0.1) is 0 Å². The number of nitrogens with zero attached hydrogens (tertiary/aromatic N) is 2. The van der Waals surface area contributed by atoms with Gasteiger partial charge in [-0.2, -0.15) is 5.10 Å². The monoisotopic (exact) mass is 348 g/mol. The summed E-state index contributed by atoms with van der Waals surface area (Å²) in [6.07, 6.45) is 2.41. The maximum Gasteiger partial charge on any atom is 0.0738 e. The predicted molar refractivity (Wildman–Crippen MR) is 87.6 cm³/mol. The maximum atomic E-state index is 10.7. The molecule has 0 radical (unpaired) electrons. The topological polar surface area (TPSA) is 38.0 Å². The van der Waals surface area contributed by atoms with E-state index >= 15 is 0 Å². The third-order valence-electron chi connectivity index (χ3n) is 4.50. The normalized spacial score (nSPS) is 18.8. The van der Waals surface area contributed by atoms with Crippen molar-refractivity contribution in [3.8, 4) is 0 Å². The summed E-state index contributed by atoms with van der Waals surface area (Å²) in [5.74, 6) is 0.244. The van der Waals surface area contributed by atoms with Crippen LogP contribution < -0.4 is 0 Å². The highest BCUT2D eigenvalue weighted by atomic mass is 79.9. The van der Waals surface area contributed by atoms with E-state index < -0.39 is 0 Å². The van der Waals surface area contributed by atoms with Crippen LogP contribution in [0, 0.1) is 6.92 Å². The lowest BCUT2D eigenvalue weighted by atomic mass is 9.92. The minimum atomic E-state index is -0.355. The van der Waals surface area contributed by atoms with Crippen molar-refractivity contribution in [3.05, 3.63) is 51.3 Å². The number of halogens is 1. The smallest absolute Gasteiger partial charge is 0.0738 e. The zero-order valence-corrected chi connectivity index (χ0v) is 14.1.